The Labute approximate surface area is 212 Å². The first-order valence-corrected chi connectivity index (χ1v) is 12.5. The maximum Gasteiger partial charge on any atom is 0.267 e. The van der Waals surface area contributed by atoms with Crippen LogP contribution in [0.5, 0.6) is 0 Å². The number of aromatic nitrogens is 1. The zero-order valence-corrected chi connectivity index (χ0v) is 20.8. The molecule has 184 valence electrons. The molecule has 1 amide bonds. The van der Waals surface area contributed by atoms with Crippen LogP contribution in [0, 0.1) is 18.7 Å². The number of hydrogen-bond acceptors (Lipinski definition) is 4. The van der Waals surface area contributed by atoms with Crippen LogP contribution < -0.4 is 5.32 Å². The van der Waals surface area contributed by atoms with E-state index in [0.717, 1.165) is 54.0 Å². The van der Waals surface area contributed by atoms with Crippen LogP contribution in [0.25, 0.3) is 16.8 Å². The number of nitrogens with one attached hydrogen (secondary N) is 1. The first kappa shape index (κ1) is 24.0. The van der Waals surface area contributed by atoms with Crippen LogP contribution in [0.3, 0.4) is 0 Å². The predicted octanol–water partition coefficient (Wildman–Crippen LogP) is 5.19. The minimum atomic E-state index is -0.236. The van der Waals surface area contributed by atoms with Gasteiger partial charge in [-0.15, -0.1) is 0 Å². The number of carbonyl (C=O) groups is 1. The third-order valence-corrected chi connectivity index (χ3v) is 7.06. The Morgan fingerprint density at radius 3 is 2.86 bits per heavy atom. The van der Waals surface area contributed by atoms with E-state index in [1.807, 2.05) is 53.6 Å². The summed E-state index contributed by atoms with van der Waals surface area (Å²) in [6.45, 7) is 4.59. The molecule has 1 fully saturated rings. The number of fused-ring (bicyclic) bond motifs is 1. The summed E-state index contributed by atoms with van der Waals surface area (Å²) in [6, 6.07) is 8.94. The summed E-state index contributed by atoms with van der Waals surface area (Å²) in [4.78, 5) is 22.2. The van der Waals surface area contributed by atoms with Gasteiger partial charge in [0.25, 0.3) is 5.91 Å². The first-order chi connectivity index (χ1) is 17.5. The molecule has 1 aromatic carbocycles. The number of pyridine rings is 1. The van der Waals surface area contributed by atoms with Crippen molar-refractivity contribution in [2.75, 3.05) is 26.7 Å². The Hall–Kier alpha value is -3.73. The van der Waals surface area contributed by atoms with E-state index in [0.29, 0.717) is 30.1 Å². The van der Waals surface area contributed by atoms with Gasteiger partial charge in [0.2, 0.25) is 0 Å². The molecule has 0 bridgehead atoms. The van der Waals surface area contributed by atoms with Crippen molar-refractivity contribution in [2.45, 2.75) is 26.2 Å². The molecule has 1 saturated heterocycles. The number of amides is 1. The molecule has 3 aliphatic rings. The number of halogens is 1. The summed E-state index contributed by atoms with van der Waals surface area (Å²) in [7, 11) is 2.14. The summed E-state index contributed by atoms with van der Waals surface area (Å²) in [5.41, 5.74) is 8.75. The fraction of sp³-hybridized carbons (Fsp3) is 0.300. The Morgan fingerprint density at radius 1 is 1.22 bits per heavy atom. The molecule has 6 heteroatoms. The minimum Gasteiger partial charge on any atom is -0.350 e. The highest BCUT2D eigenvalue weighted by molar-refractivity contribution is 5.94. The summed E-state index contributed by atoms with van der Waals surface area (Å²) in [6.07, 6.45) is 14.4. The topological polar surface area (TPSA) is 48.5 Å². The van der Waals surface area contributed by atoms with Crippen molar-refractivity contribution in [2.24, 2.45) is 5.92 Å². The molecule has 36 heavy (non-hydrogen) atoms. The number of allylic oxidation sites excluding steroid dienone is 4. The Balaban J connectivity index is 1.42. The predicted molar refractivity (Wildman–Crippen MR) is 141 cm³/mol. The van der Waals surface area contributed by atoms with Gasteiger partial charge in [0, 0.05) is 35.6 Å². The van der Waals surface area contributed by atoms with E-state index in [-0.39, 0.29) is 11.7 Å². The van der Waals surface area contributed by atoms with Gasteiger partial charge in [-0.1, -0.05) is 23.9 Å². The second-order valence-corrected chi connectivity index (χ2v) is 9.67. The average Bonchev–Trinajstić information content (AvgIpc) is 3.12. The number of benzene rings is 1. The Kier molecular flexibility index (Phi) is 6.99. The van der Waals surface area contributed by atoms with Crippen LogP contribution in [-0.2, 0) is 4.79 Å². The zero-order valence-electron chi connectivity index (χ0n) is 20.8. The minimum absolute atomic E-state index is 0.0741. The maximum atomic E-state index is 13.9. The molecule has 0 radical (unpaired) electrons. The molecular weight excluding hydrogens is 451 g/mol. The summed E-state index contributed by atoms with van der Waals surface area (Å²) >= 11 is 0. The Morgan fingerprint density at radius 2 is 2.06 bits per heavy atom. The van der Waals surface area contributed by atoms with Gasteiger partial charge in [0.05, 0.1) is 11.4 Å². The third kappa shape index (κ3) is 5.11. The van der Waals surface area contributed by atoms with E-state index >= 15 is 0 Å². The number of rotatable bonds is 5. The van der Waals surface area contributed by atoms with Crippen LogP contribution >= 0.6 is 0 Å². The average molecular weight is 483 g/mol. The van der Waals surface area contributed by atoms with Crippen molar-refractivity contribution in [3.8, 4) is 11.3 Å². The number of hydrogen-bond donors (Lipinski definition) is 1. The molecule has 4 heterocycles. The molecular formula is C30H31FN4O. The fourth-order valence-corrected chi connectivity index (χ4v) is 4.87. The van der Waals surface area contributed by atoms with Gasteiger partial charge in [-0.3, -0.25) is 9.78 Å². The number of nitrogens with zero attached hydrogens (tertiary/aromatic N) is 3. The summed E-state index contributed by atoms with van der Waals surface area (Å²) < 4.78 is 13.9. The molecule has 0 atom stereocenters. The molecule has 1 aromatic heterocycles. The fourth-order valence-electron chi connectivity index (χ4n) is 4.87. The SMILES string of the molecule is Cc1cc(-c2ncccc2C2=CN3C(=C=CCC=C3C(=O)NCC3CCN(C)CC3)C=C2)ccc1F. The van der Waals surface area contributed by atoms with Crippen molar-refractivity contribution in [3.05, 3.63) is 101 Å². The van der Waals surface area contributed by atoms with E-state index in [9.17, 15) is 9.18 Å². The van der Waals surface area contributed by atoms with Crippen molar-refractivity contribution >= 4 is 11.5 Å². The zero-order chi connectivity index (χ0) is 25.1. The lowest BCUT2D eigenvalue weighted by Crippen LogP contribution is -2.39. The van der Waals surface area contributed by atoms with Crippen molar-refractivity contribution in [1.29, 1.82) is 0 Å². The van der Waals surface area contributed by atoms with E-state index in [1.54, 1.807) is 19.2 Å². The normalized spacial score (nSPS) is 18.2. The van der Waals surface area contributed by atoms with Crippen molar-refractivity contribution in [3.63, 3.8) is 0 Å². The smallest absolute Gasteiger partial charge is 0.267 e. The third-order valence-electron chi connectivity index (χ3n) is 7.06. The number of aryl methyl sites for hydroxylation is 1. The molecule has 0 spiro atoms. The molecule has 3 aliphatic heterocycles. The van der Waals surface area contributed by atoms with Gasteiger partial charge in [-0.25, -0.2) is 4.39 Å². The molecule has 0 saturated carbocycles. The van der Waals surface area contributed by atoms with E-state index in [2.05, 4.69) is 28.0 Å². The quantitative estimate of drug-likeness (QED) is 0.596. The highest BCUT2D eigenvalue weighted by Gasteiger charge is 2.25. The van der Waals surface area contributed by atoms with Gasteiger partial charge in [-0.05, 0) is 94.2 Å². The second kappa shape index (κ2) is 10.5. The maximum absolute atomic E-state index is 13.9. The van der Waals surface area contributed by atoms with Gasteiger partial charge in [-0.2, -0.15) is 0 Å². The lowest BCUT2D eigenvalue weighted by Gasteiger charge is -2.30. The first-order valence-electron chi connectivity index (χ1n) is 12.5. The Bertz CT molecular complexity index is 1320. The largest absolute Gasteiger partial charge is 0.350 e. The molecule has 2 aromatic rings. The van der Waals surface area contributed by atoms with Gasteiger partial charge < -0.3 is 15.1 Å². The van der Waals surface area contributed by atoms with Gasteiger partial charge in [0.1, 0.15) is 11.5 Å². The highest BCUT2D eigenvalue weighted by atomic mass is 19.1. The molecule has 1 N–H and O–H groups in total. The van der Waals surface area contributed by atoms with Crippen LogP contribution in [0.2, 0.25) is 0 Å². The number of piperidine rings is 1. The lowest BCUT2D eigenvalue weighted by atomic mass is 9.96. The monoisotopic (exact) mass is 482 g/mol. The second-order valence-electron chi connectivity index (χ2n) is 9.67. The van der Waals surface area contributed by atoms with Gasteiger partial charge >= 0.3 is 0 Å². The van der Waals surface area contributed by atoms with Crippen LogP contribution in [0.1, 0.15) is 30.4 Å². The standard InChI is InChI=1S/C30H31FN4O/c1-21-18-23(10-12-27(21)31)29-26(7-5-15-32-29)24-9-11-25-6-3-4-8-28(35(25)20-24)30(36)33-19-22-13-16-34(2)17-14-22/h3,5,7-12,15,18,20,22H,4,13-14,16-17,19H2,1-2H3,(H,33,36). The van der Waals surface area contributed by atoms with Crippen LogP contribution in [0.4, 0.5) is 4.39 Å². The van der Waals surface area contributed by atoms with Gasteiger partial charge in [0.15, 0.2) is 0 Å². The van der Waals surface area contributed by atoms with Crippen molar-refractivity contribution < 1.29 is 9.18 Å². The van der Waals surface area contributed by atoms with E-state index in [4.69, 9.17) is 0 Å². The molecule has 0 aliphatic carbocycles. The summed E-state index contributed by atoms with van der Waals surface area (Å²) in [5, 5.41) is 3.18. The molecule has 5 nitrogen and oxygen atoms in total. The van der Waals surface area contributed by atoms with E-state index < -0.39 is 0 Å². The van der Waals surface area contributed by atoms with Crippen LogP contribution in [0.15, 0.2) is 84.2 Å². The number of carbonyl (C=O) groups excluding carboxylic acids is 1. The van der Waals surface area contributed by atoms with E-state index in [1.165, 1.54) is 6.07 Å². The van der Waals surface area contributed by atoms with Crippen LogP contribution in [-0.4, -0.2) is 47.4 Å². The number of likely N-dealkylation sites (tertiary alicyclic amines) is 1. The highest BCUT2D eigenvalue weighted by Crippen LogP contribution is 2.33. The van der Waals surface area contributed by atoms with Crippen molar-refractivity contribution in [1.82, 2.24) is 20.1 Å². The molecule has 0 unspecified atom stereocenters. The summed E-state index contributed by atoms with van der Waals surface area (Å²) in [5.74, 6) is 0.198. The lowest BCUT2D eigenvalue weighted by molar-refractivity contribution is -0.118. The molecule has 5 rings (SSSR count).